The second-order valence-corrected chi connectivity index (χ2v) is 8.04. The van der Waals surface area contributed by atoms with Crippen LogP contribution in [-0.2, 0) is 42.9 Å². The molecule has 0 aliphatic carbocycles. The molecule has 188 valence electrons. The highest BCUT2D eigenvalue weighted by Gasteiger charge is 2.53. The van der Waals surface area contributed by atoms with Gasteiger partial charge in [-0.15, -0.1) is 5.10 Å². The molecule has 35 heavy (non-hydrogen) atoms. The average molecular weight is 489 g/mol. The highest BCUT2D eigenvalue weighted by molar-refractivity contribution is 5.68. The minimum Gasteiger partial charge on any atom is -0.463 e. The summed E-state index contributed by atoms with van der Waals surface area (Å²) in [6, 6.07) is 7.58. The molecule has 0 amide bonds. The number of hydrogen-bond acceptors (Lipinski definition) is 11. The normalized spacial score (nSPS) is 23.7. The third-order valence-electron chi connectivity index (χ3n) is 5.08. The molecule has 0 radical (unpaired) electrons. The Labute approximate surface area is 201 Å². The summed E-state index contributed by atoms with van der Waals surface area (Å²) in [5.74, 6) is -2.71. The van der Waals surface area contributed by atoms with E-state index in [1.54, 1.807) is 6.20 Å². The first-order valence-corrected chi connectivity index (χ1v) is 10.8. The number of rotatable bonds is 7. The van der Waals surface area contributed by atoms with Gasteiger partial charge >= 0.3 is 23.9 Å². The minimum atomic E-state index is -1.29. The SMILES string of the molecule is CC(=O)OC[C@H]1O[C@@H](n2cc(-c3ccc(C)cc3)nn2)[C@H](OC(C)=O)[C@@H](OC(C)=O)[C@@H]1OC(C)=O. The largest absolute Gasteiger partial charge is 0.463 e. The molecule has 1 aromatic carbocycles. The third kappa shape index (κ3) is 6.63. The first kappa shape index (κ1) is 25.8. The maximum absolute atomic E-state index is 12.0. The van der Waals surface area contributed by atoms with Gasteiger partial charge in [-0.3, -0.25) is 19.2 Å². The topological polar surface area (TPSA) is 145 Å². The number of esters is 4. The molecular weight excluding hydrogens is 462 g/mol. The van der Waals surface area contributed by atoms with Crippen LogP contribution < -0.4 is 0 Å². The van der Waals surface area contributed by atoms with Crippen molar-refractivity contribution in [1.82, 2.24) is 15.0 Å². The number of benzene rings is 1. The van der Waals surface area contributed by atoms with E-state index in [2.05, 4.69) is 10.3 Å². The van der Waals surface area contributed by atoms with Gasteiger partial charge in [0, 0.05) is 33.3 Å². The van der Waals surface area contributed by atoms with E-state index in [-0.39, 0.29) is 6.61 Å². The van der Waals surface area contributed by atoms with Crippen molar-refractivity contribution in [3.63, 3.8) is 0 Å². The van der Waals surface area contributed by atoms with Gasteiger partial charge in [0.15, 0.2) is 24.5 Å². The third-order valence-corrected chi connectivity index (χ3v) is 5.08. The zero-order valence-corrected chi connectivity index (χ0v) is 20.0. The molecule has 0 spiro atoms. The van der Waals surface area contributed by atoms with Crippen molar-refractivity contribution in [3.05, 3.63) is 36.0 Å². The van der Waals surface area contributed by atoms with Gasteiger partial charge in [-0.1, -0.05) is 35.0 Å². The minimum absolute atomic E-state index is 0.326. The van der Waals surface area contributed by atoms with Crippen molar-refractivity contribution >= 4 is 23.9 Å². The first-order chi connectivity index (χ1) is 16.5. The standard InChI is InChI=1S/C23H27N3O9/c1-12-6-8-17(9-7-12)18-10-26(25-24-18)23-22(34-16(5)30)21(33-15(4)29)20(32-14(3)28)19(35-23)11-31-13(2)27/h6-10,19-23H,11H2,1-5H3/t19-,20-,21+,22-,23-/m1/s1. The summed E-state index contributed by atoms with van der Waals surface area (Å²) < 4.78 is 28.7. The zero-order valence-electron chi connectivity index (χ0n) is 20.0. The van der Waals surface area contributed by atoms with Crippen LogP contribution in [0.3, 0.4) is 0 Å². The number of aryl methyl sites for hydroxylation is 1. The van der Waals surface area contributed by atoms with Crippen molar-refractivity contribution in [2.75, 3.05) is 6.61 Å². The zero-order chi connectivity index (χ0) is 25.7. The molecule has 0 N–H and O–H groups in total. The summed E-state index contributed by atoms with van der Waals surface area (Å²) in [7, 11) is 0. The monoisotopic (exact) mass is 489 g/mol. The van der Waals surface area contributed by atoms with E-state index in [1.807, 2.05) is 31.2 Å². The molecule has 1 aliphatic heterocycles. The Morgan fingerprint density at radius 1 is 0.857 bits per heavy atom. The molecule has 2 heterocycles. The Hall–Kier alpha value is -3.80. The lowest BCUT2D eigenvalue weighted by Gasteiger charge is -2.44. The van der Waals surface area contributed by atoms with Gasteiger partial charge in [-0.2, -0.15) is 0 Å². The molecule has 1 aliphatic rings. The number of nitrogens with zero attached hydrogens (tertiary/aromatic N) is 3. The van der Waals surface area contributed by atoms with Crippen molar-refractivity contribution in [2.24, 2.45) is 0 Å². The van der Waals surface area contributed by atoms with Gasteiger partial charge in [0.2, 0.25) is 0 Å². The van der Waals surface area contributed by atoms with Gasteiger partial charge < -0.3 is 23.7 Å². The Morgan fingerprint density at radius 3 is 2.00 bits per heavy atom. The van der Waals surface area contributed by atoms with Crippen LogP contribution in [0.15, 0.2) is 30.5 Å². The lowest BCUT2D eigenvalue weighted by atomic mass is 9.97. The molecule has 12 nitrogen and oxygen atoms in total. The predicted octanol–water partition coefficient (Wildman–Crippen LogP) is 1.51. The van der Waals surface area contributed by atoms with Crippen LogP contribution in [0.2, 0.25) is 0 Å². The van der Waals surface area contributed by atoms with Gasteiger partial charge in [0.05, 0.1) is 6.20 Å². The fourth-order valence-corrected chi connectivity index (χ4v) is 3.68. The van der Waals surface area contributed by atoms with Crippen LogP contribution >= 0.6 is 0 Å². The van der Waals surface area contributed by atoms with E-state index in [0.717, 1.165) is 25.0 Å². The van der Waals surface area contributed by atoms with E-state index in [0.29, 0.717) is 5.69 Å². The molecule has 0 unspecified atom stereocenters. The second-order valence-electron chi connectivity index (χ2n) is 8.04. The molecule has 1 saturated heterocycles. The molecule has 1 aromatic heterocycles. The van der Waals surface area contributed by atoms with Crippen molar-refractivity contribution in [2.45, 2.75) is 65.3 Å². The molecule has 0 saturated carbocycles. The van der Waals surface area contributed by atoms with Crippen LogP contribution in [0.25, 0.3) is 11.3 Å². The number of hydrogen-bond donors (Lipinski definition) is 0. The van der Waals surface area contributed by atoms with Crippen LogP contribution in [0, 0.1) is 6.92 Å². The van der Waals surface area contributed by atoms with Crippen molar-refractivity contribution < 1.29 is 42.9 Å². The highest BCUT2D eigenvalue weighted by Crippen LogP contribution is 2.35. The predicted molar refractivity (Wildman–Crippen MR) is 117 cm³/mol. The highest BCUT2D eigenvalue weighted by atomic mass is 16.7. The van der Waals surface area contributed by atoms with Crippen molar-refractivity contribution in [1.29, 1.82) is 0 Å². The lowest BCUT2D eigenvalue weighted by molar-refractivity contribution is -0.270. The number of carbonyl (C=O) groups is 4. The molecule has 1 fully saturated rings. The molecule has 2 aromatic rings. The summed E-state index contributed by atoms with van der Waals surface area (Å²) in [5, 5.41) is 8.29. The molecule has 5 atom stereocenters. The fourth-order valence-electron chi connectivity index (χ4n) is 3.68. The second kappa shape index (κ2) is 11.1. The average Bonchev–Trinajstić information content (AvgIpc) is 3.24. The van der Waals surface area contributed by atoms with E-state index >= 15 is 0 Å². The van der Waals surface area contributed by atoms with Gasteiger partial charge in [0.25, 0.3) is 0 Å². The van der Waals surface area contributed by atoms with Crippen LogP contribution in [0.1, 0.15) is 39.5 Å². The Bertz CT molecular complexity index is 1080. The van der Waals surface area contributed by atoms with E-state index in [4.69, 9.17) is 23.7 Å². The molecular formula is C23H27N3O9. The Kier molecular flexibility index (Phi) is 8.18. The summed E-state index contributed by atoms with van der Waals surface area (Å²) >= 11 is 0. The Morgan fingerprint density at radius 2 is 1.43 bits per heavy atom. The molecule has 12 heteroatoms. The van der Waals surface area contributed by atoms with Gasteiger partial charge in [-0.05, 0) is 6.92 Å². The fraction of sp³-hybridized carbons (Fsp3) is 0.478. The van der Waals surface area contributed by atoms with E-state index in [9.17, 15) is 19.2 Å². The quantitative estimate of drug-likeness (QED) is 0.412. The Balaban J connectivity index is 2.03. The van der Waals surface area contributed by atoms with Crippen molar-refractivity contribution in [3.8, 4) is 11.3 Å². The number of carbonyl (C=O) groups excluding carboxylic acids is 4. The van der Waals surface area contributed by atoms with Crippen LogP contribution in [-0.4, -0.2) is 69.9 Å². The summed E-state index contributed by atoms with van der Waals surface area (Å²) in [6.07, 6.45) is -4.44. The first-order valence-electron chi connectivity index (χ1n) is 10.8. The van der Waals surface area contributed by atoms with Crippen LogP contribution in [0.4, 0.5) is 0 Å². The lowest BCUT2D eigenvalue weighted by Crippen LogP contribution is -2.60. The molecule has 0 bridgehead atoms. The van der Waals surface area contributed by atoms with Crippen LogP contribution in [0.5, 0.6) is 0 Å². The van der Waals surface area contributed by atoms with Gasteiger partial charge in [0.1, 0.15) is 18.4 Å². The summed E-state index contributed by atoms with van der Waals surface area (Å²) in [6.45, 7) is 6.33. The summed E-state index contributed by atoms with van der Waals surface area (Å²) in [4.78, 5) is 47.2. The number of ether oxygens (including phenoxy) is 5. The van der Waals surface area contributed by atoms with E-state index in [1.165, 1.54) is 18.5 Å². The summed E-state index contributed by atoms with van der Waals surface area (Å²) in [5.41, 5.74) is 2.37. The molecule has 3 rings (SSSR count). The smallest absolute Gasteiger partial charge is 0.303 e. The number of aromatic nitrogens is 3. The maximum Gasteiger partial charge on any atom is 0.303 e. The van der Waals surface area contributed by atoms with E-state index < -0.39 is 54.5 Å². The van der Waals surface area contributed by atoms with Gasteiger partial charge in [-0.25, -0.2) is 4.68 Å². The maximum atomic E-state index is 12.0.